The van der Waals surface area contributed by atoms with E-state index in [1.54, 1.807) is 11.1 Å². The van der Waals surface area contributed by atoms with E-state index >= 15 is 0 Å². The molecule has 35 heavy (non-hydrogen) atoms. The second-order valence-corrected chi connectivity index (χ2v) is 9.89. The number of aliphatic imine (C=N–C) groups is 1. The highest BCUT2D eigenvalue weighted by Gasteiger charge is 2.41. The number of piperidine rings is 1. The lowest BCUT2D eigenvalue weighted by molar-refractivity contribution is 0.0447. The van der Waals surface area contributed by atoms with Crippen LogP contribution >= 0.6 is 11.6 Å². The number of aliphatic hydroxyl groups excluding tert-OH is 1. The Hall–Kier alpha value is -2.75. The van der Waals surface area contributed by atoms with Gasteiger partial charge in [-0.15, -0.1) is 0 Å². The van der Waals surface area contributed by atoms with Crippen molar-refractivity contribution in [3.63, 3.8) is 0 Å². The first-order valence-electron chi connectivity index (χ1n) is 12.0. The van der Waals surface area contributed by atoms with Gasteiger partial charge in [0.25, 0.3) is 5.91 Å². The van der Waals surface area contributed by atoms with Crippen molar-refractivity contribution in [2.45, 2.75) is 50.3 Å². The number of ether oxygens (including phenoxy) is 1. The van der Waals surface area contributed by atoms with Gasteiger partial charge in [0.1, 0.15) is 23.5 Å². The third-order valence-corrected chi connectivity index (χ3v) is 7.39. The first-order valence-corrected chi connectivity index (χ1v) is 12.4. The van der Waals surface area contributed by atoms with Crippen LogP contribution in [-0.4, -0.2) is 77.2 Å². The summed E-state index contributed by atoms with van der Waals surface area (Å²) in [6, 6.07) is 4.79. The van der Waals surface area contributed by atoms with Gasteiger partial charge >= 0.3 is 0 Å². The van der Waals surface area contributed by atoms with Crippen LogP contribution in [0.15, 0.2) is 45.8 Å². The Morgan fingerprint density at radius 3 is 2.74 bits per heavy atom. The van der Waals surface area contributed by atoms with E-state index in [1.807, 2.05) is 0 Å². The molecule has 2 bridgehead atoms. The number of aliphatic hydroxyl groups is 1. The highest BCUT2D eigenvalue weighted by Crippen LogP contribution is 2.38. The van der Waals surface area contributed by atoms with Gasteiger partial charge in [-0.25, -0.2) is 9.38 Å². The summed E-state index contributed by atoms with van der Waals surface area (Å²) in [4.78, 5) is 21.7. The summed E-state index contributed by atoms with van der Waals surface area (Å²) in [6.45, 7) is 1.41. The monoisotopic (exact) mass is 501 g/mol. The SMILES string of the molecule is N=C1CN(C(=O)c2ccc(F)cc2O[C@H]2C[C@H]3CC[C@@H](C2)N3CCCO)C/C1=C1\N=CC(Cl)=CN1. The number of carbonyl (C=O) groups is 1. The van der Waals surface area contributed by atoms with Crippen LogP contribution in [0.1, 0.15) is 42.5 Å². The summed E-state index contributed by atoms with van der Waals surface area (Å²) >= 11 is 5.90. The van der Waals surface area contributed by atoms with Crippen LogP contribution in [0.3, 0.4) is 0 Å². The summed E-state index contributed by atoms with van der Waals surface area (Å²) < 4.78 is 20.5. The molecular formula is C25H29ClFN5O3. The number of hydrogen-bond acceptors (Lipinski definition) is 7. The predicted molar refractivity (Wildman–Crippen MR) is 131 cm³/mol. The molecule has 186 valence electrons. The first kappa shape index (κ1) is 24.0. The van der Waals surface area contributed by atoms with Crippen molar-refractivity contribution in [2.75, 3.05) is 26.2 Å². The molecule has 0 spiro atoms. The minimum absolute atomic E-state index is 0.0990. The Labute approximate surface area is 208 Å². The van der Waals surface area contributed by atoms with Crippen molar-refractivity contribution in [2.24, 2.45) is 4.99 Å². The van der Waals surface area contributed by atoms with Gasteiger partial charge in [0, 0.05) is 49.3 Å². The fraction of sp³-hybridized carbons (Fsp3) is 0.480. The number of likely N-dealkylation sites (tertiary alicyclic amines) is 1. The molecule has 4 aliphatic rings. The number of carbonyl (C=O) groups excluding carboxylic acids is 1. The Bertz CT molecular complexity index is 1110. The normalized spacial score (nSPS) is 28.3. The van der Waals surface area contributed by atoms with Crippen molar-refractivity contribution in [1.29, 1.82) is 5.41 Å². The van der Waals surface area contributed by atoms with E-state index in [0.29, 0.717) is 39.8 Å². The molecule has 0 saturated carbocycles. The second kappa shape index (κ2) is 10.1. The number of nitrogens with one attached hydrogen (secondary N) is 2. The van der Waals surface area contributed by atoms with Crippen LogP contribution in [0.2, 0.25) is 0 Å². The predicted octanol–water partition coefficient (Wildman–Crippen LogP) is 3.02. The van der Waals surface area contributed by atoms with E-state index < -0.39 is 5.82 Å². The van der Waals surface area contributed by atoms with Gasteiger partial charge in [0.05, 0.1) is 29.4 Å². The van der Waals surface area contributed by atoms with Crippen LogP contribution < -0.4 is 10.1 Å². The zero-order chi connectivity index (χ0) is 24.5. The number of nitrogens with zero attached hydrogens (tertiary/aromatic N) is 3. The number of hydrogen-bond donors (Lipinski definition) is 3. The lowest BCUT2D eigenvalue weighted by atomic mass is 9.99. The Balaban J connectivity index is 1.31. The number of halogens is 2. The summed E-state index contributed by atoms with van der Waals surface area (Å²) in [7, 11) is 0. The molecule has 0 aliphatic carbocycles. The quantitative estimate of drug-likeness (QED) is 0.556. The zero-order valence-electron chi connectivity index (χ0n) is 19.3. The van der Waals surface area contributed by atoms with E-state index in [4.69, 9.17) is 21.7 Å². The Kier molecular flexibility index (Phi) is 6.91. The van der Waals surface area contributed by atoms with E-state index in [-0.39, 0.29) is 37.5 Å². The van der Waals surface area contributed by atoms with Crippen LogP contribution in [0.25, 0.3) is 0 Å². The molecule has 5 rings (SSSR count). The minimum atomic E-state index is -0.457. The average Bonchev–Trinajstić information content (AvgIpc) is 3.34. The molecule has 3 fully saturated rings. The maximum absolute atomic E-state index is 14.2. The van der Waals surface area contributed by atoms with Crippen LogP contribution in [0.4, 0.5) is 4.39 Å². The summed E-state index contributed by atoms with van der Waals surface area (Å²) in [6.07, 6.45) is 7.55. The maximum Gasteiger partial charge on any atom is 0.258 e. The fourth-order valence-electron chi connectivity index (χ4n) is 5.55. The highest BCUT2D eigenvalue weighted by atomic mass is 35.5. The van der Waals surface area contributed by atoms with Gasteiger partial charge < -0.3 is 25.5 Å². The van der Waals surface area contributed by atoms with Gasteiger partial charge in [-0.05, 0) is 44.2 Å². The lowest BCUT2D eigenvalue weighted by Crippen LogP contribution is -2.46. The summed E-state index contributed by atoms with van der Waals surface area (Å²) in [5, 5.41) is 21.0. The molecule has 1 aromatic carbocycles. The van der Waals surface area contributed by atoms with Gasteiger partial charge in [0.2, 0.25) is 0 Å². The lowest BCUT2D eigenvalue weighted by Gasteiger charge is -2.39. The highest BCUT2D eigenvalue weighted by molar-refractivity contribution is 6.39. The van der Waals surface area contributed by atoms with E-state index in [1.165, 1.54) is 24.4 Å². The number of allylic oxidation sites excluding steroid dienone is 1. The molecule has 1 aromatic rings. The molecule has 1 amide bonds. The molecule has 0 aromatic heterocycles. The van der Waals surface area contributed by atoms with E-state index in [9.17, 15) is 14.3 Å². The Morgan fingerprint density at radius 1 is 1.29 bits per heavy atom. The molecule has 4 heterocycles. The van der Waals surface area contributed by atoms with Gasteiger partial charge in [0.15, 0.2) is 0 Å². The molecule has 10 heteroatoms. The smallest absolute Gasteiger partial charge is 0.258 e. The topological polar surface area (TPSA) is 101 Å². The van der Waals surface area contributed by atoms with Crippen molar-refractivity contribution in [3.8, 4) is 5.75 Å². The van der Waals surface area contributed by atoms with Crippen LogP contribution in [0.5, 0.6) is 5.75 Å². The number of rotatable bonds is 6. The maximum atomic E-state index is 14.2. The number of fused-ring (bicyclic) bond motifs is 2. The van der Waals surface area contributed by atoms with Gasteiger partial charge in [-0.1, -0.05) is 11.6 Å². The first-order chi connectivity index (χ1) is 16.9. The van der Waals surface area contributed by atoms with Gasteiger partial charge in [-0.3, -0.25) is 9.69 Å². The third kappa shape index (κ3) is 4.98. The second-order valence-electron chi connectivity index (χ2n) is 9.45. The molecule has 3 atom stereocenters. The van der Waals surface area contributed by atoms with Crippen molar-refractivity contribution in [1.82, 2.24) is 15.1 Å². The number of amides is 1. The van der Waals surface area contributed by atoms with E-state index in [2.05, 4.69) is 15.2 Å². The largest absolute Gasteiger partial charge is 0.489 e. The van der Waals surface area contributed by atoms with Crippen molar-refractivity contribution < 1.29 is 19.0 Å². The Morgan fingerprint density at radius 2 is 2.06 bits per heavy atom. The molecular weight excluding hydrogens is 473 g/mol. The fourth-order valence-corrected chi connectivity index (χ4v) is 5.66. The molecule has 4 aliphatic heterocycles. The molecule has 3 N–H and O–H groups in total. The summed E-state index contributed by atoms with van der Waals surface area (Å²) in [5.74, 6) is -0.0218. The molecule has 8 nitrogen and oxygen atoms in total. The molecule has 0 unspecified atom stereocenters. The van der Waals surface area contributed by atoms with Crippen LogP contribution in [-0.2, 0) is 0 Å². The standard InChI is InChI=1S/C25H29ClFN5O3/c26-15-11-29-24(30-12-15)21-13-31(14-22(21)28)25(34)20-5-2-16(27)8-23(20)35-19-9-17-3-4-18(10-19)32(17)6-1-7-33/h2,5,8,11-12,17-19,28-29,33H,1,3-4,6-7,9-10,13-14H2/b24-21+,28-22?/t17-,18+,19+. The summed E-state index contributed by atoms with van der Waals surface area (Å²) in [5.41, 5.74) is 1.20. The van der Waals surface area contributed by atoms with Crippen molar-refractivity contribution >= 4 is 29.4 Å². The van der Waals surface area contributed by atoms with Crippen LogP contribution in [0, 0.1) is 11.2 Å². The third-order valence-electron chi connectivity index (χ3n) is 7.18. The zero-order valence-corrected chi connectivity index (χ0v) is 20.1. The minimum Gasteiger partial charge on any atom is -0.489 e. The average molecular weight is 502 g/mol. The molecule has 3 saturated heterocycles. The number of benzene rings is 1. The van der Waals surface area contributed by atoms with E-state index in [0.717, 1.165) is 38.6 Å². The van der Waals surface area contributed by atoms with Gasteiger partial charge in [-0.2, -0.15) is 0 Å². The molecule has 0 radical (unpaired) electrons. The van der Waals surface area contributed by atoms with Crippen molar-refractivity contribution in [3.05, 3.63) is 52.2 Å².